The predicted molar refractivity (Wildman–Crippen MR) is 80.3 cm³/mol. The van der Waals surface area contributed by atoms with Gasteiger partial charge in [0, 0.05) is 11.1 Å². The summed E-state index contributed by atoms with van der Waals surface area (Å²) in [6.45, 7) is 0.503. The number of halogens is 1. The Morgan fingerprint density at radius 3 is 2.86 bits per heavy atom. The third kappa shape index (κ3) is 3.42. The summed E-state index contributed by atoms with van der Waals surface area (Å²) < 4.78 is 1.63. The molecule has 2 aromatic rings. The van der Waals surface area contributed by atoms with Gasteiger partial charge in [0.1, 0.15) is 0 Å². The van der Waals surface area contributed by atoms with Crippen LogP contribution in [0.15, 0.2) is 30.5 Å². The van der Waals surface area contributed by atoms with Crippen LogP contribution in [0.1, 0.15) is 41.7 Å². The number of hydrogen-bond acceptors (Lipinski definition) is 3. The lowest BCUT2D eigenvalue weighted by atomic mass is 10.2. The fourth-order valence-electron chi connectivity index (χ4n) is 2.61. The maximum absolute atomic E-state index is 12.1. The number of hydrogen-bond donors (Lipinski definition) is 1. The van der Waals surface area contributed by atoms with Crippen molar-refractivity contribution in [1.82, 2.24) is 20.3 Å². The van der Waals surface area contributed by atoms with E-state index < -0.39 is 0 Å². The fraction of sp³-hybridized carbons (Fsp3) is 0.400. The molecule has 0 aliphatic heterocycles. The first-order valence-corrected chi connectivity index (χ1v) is 7.54. The van der Waals surface area contributed by atoms with E-state index in [1.807, 2.05) is 24.3 Å². The predicted octanol–water partition coefficient (Wildman–Crippen LogP) is 2.65. The molecule has 1 fully saturated rings. The van der Waals surface area contributed by atoms with Crippen LogP contribution in [-0.2, 0) is 6.54 Å². The largest absolute Gasteiger partial charge is 0.348 e. The molecule has 0 spiro atoms. The average molecular weight is 305 g/mol. The molecule has 1 amide bonds. The van der Waals surface area contributed by atoms with Gasteiger partial charge in [0.2, 0.25) is 0 Å². The molecule has 6 heteroatoms. The topological polar surface area (TPSA) is 59.8 Å². The van der Waals surface area contributed by atoms with Crippen LogP contribution < -0.4 is 5.32 Å². The van der Waals surface area contributed by atoms with E-state index in [1.165, 1.54) is 12.8 Å². The van der Waals surface area contributed by atoms with Crippen LogP contribution >= 0.6 is 11.6 Å². The number of rotatable bonds is 4. The maximum Gasteiger partial charge on any atom is 0.273 e. The molecule has 1 N–H and O–H groups in total. The van der Waals surface area contributed by atoms with Gasteiger partial charge in [0.25, 0.3) is 5.91 Å². The quantitative estimate of drug-likeness (QED) is 0.944. The highest BCUT2D eigenvalue weighted by Gasteiger charge is 2.19. The van der Waals surface area contributed by atoms with Crippen molar-refractivity contribution in [3.63, 3.8) is 0 Å². The molecule has 1 heterocycles. The van der Waals surface area contributed by atoms with E-state index in [0.29, 0.717) is 17.3 Å². The van der Waals surface area contributed by atoms with Crippen LogP contribution in [0.5, 0.6) is 0 Å². The number of amides is 1. The van der Waals surface area contributed by atoms with Gasteiger partial charge < -0.3 is 5.32 Å². The van der Waals surface area contributed by atoms with Crippen molar-refractivity contribution in [2.75, 3.05) is 0 Å². The minimum atomic E-state index is -0.146. The van der Waals surface area contributed by atoms with Crippen molar-refractivity contribution >= 4 is 17.5 Å². The summed E-state index contributed by atoms with van der Waals surface area (Å²) in [7, 11) is 0. The summed E-state index contributed by atoms with van der Waals surface area (Å²) in [6, 6.07) is 7.86. The fourth-order valence-corrected chi connectivity index (χ4v) is 2.81. The number of carbonyl (C=O) groups is 1. The van der Waals surface area contributed by atoms with Crippen LogP contribution in [0.25, 0.3) is 0 Å². The Bertz CT molecular complexity index is 634. The monoisotopic (exact) mass is 304 g/mol. The van der Waals surface area contributed by atoms with Crippen LogP contribution in [0, 0.1) is 0 Å². The summed E-state index contributed by atoms with van der Waals surface area (Å²) in [6.07, 6.45) is 6.14. The second kappa shape index (κ2) is 6.26. The molecule has 1 saturated carbocycles. The summed E-state index contributed by atoms with van der Waals surface area (Å²) >= 11 is 6.12. The average Bonchev–Trinajstić information content (AvgIpc) is 3.13. The van der Waals surface area contributed by atoms with Gasteiger partial charge in [-0.25, -0.2) is 4.68 Å². The van der Waals surface area contributed by atoms with Gasteiger partial charge in [0.15, 0.2) is 5.69 Å². The lowest BCUT2D eigenvalue weighted by molar-refractivity contribution is 0.0932. The molecule has 1 aromatic carbocycles. The van der Waals surface area contributed by atoms with Crippen molar-refractivity contribution in [3.8, 4) is 0 Å². The van der Waals surface area contributed by atoms with Crippen LogP contribution in [0.2, 0.25) is 5.02 Å². The van der Waals surface area contributed by atoms with Crippen molar-refractivity contribution in [2.45, 2.75) is 38.3 Å². The third-order valence-electron chi connectivity index (χ3n) is 3.75. The van der Waals surface area contributed by atoms with E-state index in [1.54, 1.807) is 10.9 Å². The zero-order valence-electron chi connectivity index (χ0n) is 11.6. The molecular formula is C15H17ClN4O. The molecule has 21 heavy (non-hydrogen) atoms. The molecule has 110 valence electrons. The van der Waals surface area contributed by atoms with E-state index in [0.717, 1.165) is 18.4 Å². The molecular weight excluding hydrogens is 288 g/mol. The number of carbonyl (C=O) groups excluding carboxylic acids is 1. The SMILES string of the molecule is O=C(NC1CCCC1)c1cn(Cc2ccccc2Cl)nn1. The molecule has 0 unspecified atom stereocenters. The molecule has 1 aliphatic rings. The Morgan fingerprint density at radius 1 is 1.33 bits per heavy atom. The van der Waals surface area contributed by atoms with Crippen molar-refractivity contribution in [2.24, 2.45) is 0 Å². The van der Waals surface area contributed by atoms with E-state index in [2.05, 4.69) is 15.6 Å². The first-order valence-electron chi connectivity index (χ1n) is 7.17. The normalized spacial score (nSPS) is 15.3. The molecule has 0 saturated heterocycles. The minimum absolute atomic E-state index is 0.146. The minimum Gasteiger partial charge on any atom is -0.348 e. The van der Waals surface area contributed by atoms with Gasteiger partial charge in [-0.1, -0.05) is 47.9 Å². The van der Waals surface area contributed by atoms with E-state index in [-0.39, 0.29) is 11.9 Å². The summed E-state index contributed by atoms with van der Waals surface area (Å²) in [5, 5.41) is 11.6. The van der Waals surface area contributed by atoms with Crippen LogP contribution in [0.3, 0.4) is 0 Å². The Kier molecular flexibility index (Phi) is 4.20. The summed E-state index contributed by atoms with van der Waals surface area (Å²) in [5.74, 6) is -0.146. The summed E-state index contributed by atoms with van der Waals surface area (Å²) in [5.41, 5.74) is 1.31. The van der Waals surface area contributed by atoms with Crippen molar-refractivity contribution in [3.05, 3.63) is 46.7 Å². The van der Waals surface area contributed by atoms with E-state index in [9.17, 15) is 4.79 Å². The number of nitrogens with one attached hydrogen (secondary N) is 1. The van der Waals surface area contributed by atoms with Gasteiger partial charge in [-0.05, 0) is 24.5 Å². The van der Waals surface area contributed by atoms with Crippen molar-refractivity contribution in [1.29, 1.82) is 0 Å². The second-order valence-electron chi connectivity index (χ2n) is 5.35. The summed E-state index contributed by atoms with van der Waals surface area (Å²) in [4.78, 5) is 12.1. The van der Waals surface area contributed by atoms with Gasteiger partial charge in [-0.2, -0.15) is 0 Å². The molecule has 5 nitrogen and oxygen atoms in total. The Morgan fingerprint density at radius 2 is 2.10 bits per heavy atom. The standard InChI is InChI=1S/C15H17ClN4O/c16-13-8-4-1-5-11(13)9-20-10-14(18-19-20)15(21)17-12-6-2-3-7-12/h1,4-5,8,10,12H,2-3,6-7,9H2,(H,17,21). The molecule has 1 aliphatic carbocycles. The highest BCUT2D eigenvalue weighted by atomic mass is 35.5. The number of nitrogens with zero attached hydrogens (tertiary/aromatic N) is 3. The van der Waals surface area contributed by atoms with E-state index in [4.69, 9.17) is 11.6 Å². The Hall–Kier alpha value is -1.88. The zero-order valence-corrected chi connectivity index (χ0v) is 12.4. The second-order valence-corrected chi connectivity index (χ2v) is 5.75. The molecule has 1 aromatic heterocycles. The first-order chi connectivity index (χ1) is 10.2. The van der Waals surface area contributed by atoms with Gasteiger partial charge in [0.05, 0.1) is 12.7 Å². The lowest BCUT2D eigenvalue weighted by Gasteiger charge is -2.09. The zero-order chi connectivity index (χ0) is 14.7. The van der Waals surface area contributed by atoms with Gasteiger partial charge in [-0.15, -0.1) is 5.10 Å². The van der Waals surface area contributed by atoms with Gasteiger partial charge >= 0.3 is 0 Å². The smallest absolute Gasteiger partial charge is 0.273 e. The maximum atomic E-state index is 12.1. The Balaban J connectivity index is 1.65. The Labute approximate surface area is 128 Å². The molecule has 0 radical (unpaired) electrons. The van der Waals surface area contributed by atoms with Gasteiger partial charge in [-0.3, -0.25) is 4.79 Å². The first kappa shape index (κ1) is 14.1. The highest BCUT2D eigenvalue weighted by molar-refractivity contribution is 6.31. The van der Waals surface area contributed by atoms with Crippen LogP contribution in [-0.4, -0.2) is 26.9 Å². The lowest BCUT2D eigenvalue weighted by Crippen LogP contribution is -2.32. The molecule has 3 rings (SSSR count). The molecule has 0 bridgehead atoms. The highest BCUT2D eigenvalue weighted by Crippen LogP contribution is 2.18. The number of benzene rings is 1. The number of aromatic nitrogens is 3. The molecule has 0 atom stereocenters. The third-order valence-corrected chi connectivity index (χ3v) is 4.12. The van der Waals surface area contributed by atoms with Crippen LogP contribution in [0.4, 0.5) is 0 Å². The van der Waals surface area contributed by atoms with Crippen molar-refractivity contribution < 1.29 is 4.79 Å². The van der Waals surface area contributed by atoms with E-state index >= 15 is 0 Å².